The minimum atomic E-state index is -3.07. The van der Waals surface area contributed by atoms with Crippen molar-refractivity contribution < 1.29 is 26.4 Å². The van der Waals surface area contributed by atoms with E-state index in [4.69, 9.17) is 0 Å². The molecule has 2 N–H and O–H groups in total. The summed E-state index contributed by atoms with van der Waals surface area (Å²) >= 11 is 0. The molecule has 3 rings (SSSR count). The molecule has 142 valence electrons. The second-order valence-electron chi connectivity index (χ2n) is 6.72. The molecule has 26 heavy (non-hydrogen) atoms. The largest absolute Gasteiger partial charge is 0.348 e. The zero-order chi connectivity index (χ0) is 18.9. The van der Waals surface area contributed by atoms with Crippen molar-refractivity contribution in [2.45, 2.75) is 24.9 Å². The van der Waals surface area contributed by atoms with Crippen LogP contribution in [-0.4, -0.2) is 63.7 Å². The van der Waals surface area contributed by atoms with E-state index in [2.05, 4.69) is 10.6 Å². The minimum Gasteiger partial charge on any atom is -0.348 e. The molecule has 0 aromatic heterocycles. The quantitative estimate of drug-likeness (QED) is 0.703. The normalized spacial score (nSPS) is 26.3. The van der Waals surface area contributed by atoms with E-state index in [1.807, 2.05) is 0 Å². The zero-order valence-electron chi connectivity index (χ0n) is 14.0. The monoisotopic (exact) mass is 400 g/mol. The van der Waals surface area contributed by atoms with E-state index >= 15 is 0 Å². The molecule has 0 unspecified atom stereocenters. The van der Waals surface area contributed by atoms with Crippen LogP contribution in [-0.2, 0) is 19.7 Å². The Labute approximate surface area is 152 Å². The van der Waals surface area contributed by atoms with Crippen molar-refractivity contribution in [2.24, 2.45) is 0 Å². The summed E-state index contributed by atoms with van der Waals surface area (Å²) in [4.78, 5) is 24.3. The summed E-state index contributed by atoms with van der Waals surface area (Å²) in [5.41, 5.74) is 0.656. The molecule has 8 nitrogen and oxygen atoms in total. The van der Waals surface area contributed by atoms with E-state index < -0.39 is 19.7 Å². The van der Waals surface area contributed by atoms with Crippen LogP contribution >= 0.6 is 0 Å². The van der Waals surface area contributed by atoms with Gasteiger partial charge in [0, 0.05) is 23.2 Å². The Morgan fingerprint density at radius 2 is 1.08 bits per heavy atom. The van der Waals surface area contributed by atoms with Gasteiger partial charge in [-0.05, 0) is 37.1 Å². The van der Waals surface area contributed by atoms with Crippen LogP contribution in [0.3, 0.4) is 0 Å². The van der Waals surface area contributed by atoms with Crippen molar-refractivity contribution in [2.75, 3.05) is 23.0 Å². The maximum absolute atomic E-state index is 12.2. The molecule has 2 fully saturated rings. The molecule has 0 aliphatic carbocycles. The molecule has 10 heteroatoms. The fourth-order valence-electron chi connectivity index (χ4n) is 3.13. The van der Waals surface area contributed by atoms with E-state index in [1.165, 1.54) is 24.3 Å². The predicted molar refractivity (Wildman–Crippen MR) is 95.5 cm³/mol. The Balaban J connectivity index is 1.57. The first-order chi connectivity index (χ1) is 12.1. The highest BCUT2D eigenvalue weighted by atomic mass is 32.2. The molecule has 2 aliphatic rings. The van der Waals surface area contributed by atoms with Crippen LogP contribution in [0.25, 0.3) is 0 Å². The van der Waals surface area contributed by atoms with Gasteiger partial charge in [-0.2, -0.15) is 0 Å². The summed E-state index contributed by atoms with van der Waals surface area (Å²) in [6, 6.07) is 5.16. The number of benzene rings is 1. The van der Waals surface area contributed by atoms with Gasteiger partial charge in [-0.1, -0.05) is 0 Å². The van der Waals surface area contributed by atoms with Crippen LogP contribution in [0.5, 0.6) is 0 Å². The molecule has 2 saturated heterocycles. The van der Waals surface area contributed by atoms with Crippen molar-refractivity contribution >= 4 is 31.5 Å². The molecule has 2 aliphatic heterocycles. The molecule has 0 saturated carbocycles. The van der Waals surface area contributed by atoms with E-state index in [0.717, 1.165) is 0 Å². The highest BCUT2D eigenvalue weighted by molar-refractivity contribution is 7.91. The highest BCUT2D eigenvalue weighted by Gasteiger charge is 2.30. The van der Waals surface area contributed by atoms with Crippen LogP contribution in [0.1, 0.15) is 33.6 Å². The standard InChI is InChI=1S/C16H20N2O6S2/c19-15(17-13-5-7-25(21,22)9-13)11-1-2-12(4-3-11)16(20)18-14-6-8-26(23,24)10-14/h1-4,13-14H,5-10H2,(H,17,19)(H,18,20)/t13-,14+. The third-order valence-electron chi connectivity index (χ3n) is 4.54. The number of carbonyl (C=O) groups is 2. The second kappa shape index (κ2) is 6.99. The lowest BCUT2D eigenvalue weighted by Gasteiger charge is -2.12. The second-order valence-corrected chi connectivity index (χ2v) is 11.2. The lowest BCUT2D eigenvalue weighted by Crippen LogP contribution is -2.36. The van der Waals surface area contributed by atoms with Gasteiger partial charge >= 0.3 is 0 Å². The summed E-state index contributed by atoms with van der Waals surface area (Å²) in [5, 5.41) is 5.36. The van der Waals surface area contributed by atoms with Gasteiger partial charge in [0.15, 0.2) is 19.7 Å². The molecular weight excluding hydrogens is 380 g/mol. The first-order valence-corrected chi connectivity index (χ1v) is 11.9. The third-order valence-corrected chi connectivity index (χ3v) is 8.08. The first kappa shape index (κ1) is 18.8. The summed E-state index contributed by atoms with van der Waals surface area (Å²) in [6.45, 7) is 0. The van der Waals surface area contributed by atoms with Gasteiger partial charge in [0.05, 0.1) is 23.0 Å². The smallest absolute Gasteiger partial charge is 0.251 e. The highest BCUT2D eigenvalue weighted by Crippen LogP contribution is 2.14. The Morgan fingerprint density at radius 3 is 1.35 bits per heavy atom. The SMILES string of the molecule is O=C(N[C@@H]1CCS(=O)(=O)C1)c1ccc(C(=O)N[C@H]2CCS(=O)(=O)C2)cc1. The van der Waals surface area contributed by atoms with E-state index in [-0.39, 0.29) is 46.9 Å². The molecule has 0 radical (unpaired) electrons. The Kier molecular flexibility index (Phi) is 5.07. The third kappa shape index (κ3) is 4.61. The van der Waals surface area contributed by atoms with Crippen molar-refractivity contribution in [1.82, 2.24) is 10.6 Å². The van der Waals surface area contributed by atoms with Gasteiger partial charge in [0.1, 0.15) is 0 Å². The molecule has 0 spiro atoms. The summed E-state index contributed by atoms with van der Waals surface area (Å²) in [7, 11) is -6.14. The zero-order valence-corrected chi connectivity index (χ0v) is 15.6. The first-order valence-electron chi connectivity index (χ1n) is 8.26. The maximum atomic E-state index is 12.2. The molecular formula is C16H20N2O6S2. The van der Waals surface area contributed by atoms with E-state index in [0.29, 0.717) is 24.0 Å². The van der Waals surface area contributed by atoms with Crippen LogP contribution in [0.15, 0.2) is 24.3 Å². The number of amides is 2. The average molecular weight is 400 g/mol. The van der Waals surface area contributed by atoms with Gasteiger partial charge in [-0.25, -0.2) is 16.8 Å². The average Bonchev–Trinajstić information content (AvgIpc) is 3.08. The predicted octanol–water partition coefficient (Wildman–Crippen LogP) is -0.480. The van der Waals surface area contributed by atoms with Crippen molar-refractivity contribution in [3.05, 3.63) is 35.4 Å². The van der Waals surface area contributed by atoms with Crippen LogP contribution in [0.4, 0.5) is 0 Å². The molecule has 2 amide bonds. The number of rotatable bonds is 4. The molecule has 2 heterocycles. The fourth-order valence-corrected chi connectivity index (χ4v) is 6.47. The van der Waals surface area contributed by atoms with Crippen molar-refractivity contribution in [3.63, 3.8) is 0 Å². The fraction of sp³-hybridized carbons (Fsp3) is 0.500. The molecule has 1 aromatic rings. The van der Waals surface area contributed by atoms with Gasteiger partial charge in [0.2, 0.25) is 0 Å². The Bertz CT molecular complexity index is 845. The van der Waals surface area contributed by atoms with Gasteiger partial charge < -0.3 is 10.6 Å². The lowest BCUT2D eigenvalue weighted by molar-refractivity contribution is 0.0929. The van der Waals surface area contributed by atoms with Gasteiger partial charge in [-0.15, -0.1) is 0 Å². The van der Waals surface area contributed by atoms with Crippen molar-refractivity contribution in [1.29, 1.82) is 0 Å². The lowest BCUT2D eigenvalue weighted by atomic mass is 10.1. The Hall–Kier alpha value is -1.94. The number of hydrogen-bond acceptors (Lipinski definition) is 6. The van der Waals surface area contributed by atoms with E-state index in [1.54, 1.807) is 0 Å². The number of sulfone groups is 2. The maximum Gasteiger partial charge on any atom is 0.251 e. The number of hydrogen-bond donors (Lipinski definition) is 2. The summed E-state index contributed by atoms with van der Waals surface area (Å²) in [5.74, 6) is -0.725. The van der Waals surface area contributed by atoms with E-state index in [9.17, 15) is 26.4 Å². The summed E-state index contributed by atoms with van der Waals surface area (Å²) in [6.07, 6.45) is 0.803. The van der Waals surface area contributed by atoms with Gasteiger partial charge in [-0.3, -0.25) is 9.59 Å². The van der Waals surface area contributed by atoms with Crippen LogP contribution in [0.2, 0.25) is 0 Å². The molecule has 1 aromatic carbocycles. The topological polar surface area (TPSA) is 126 Å². The summed E-state index contributed by atoms with van der Waals surface area (Å²) < 4.78 is 45.7. The minimum absolute atomic E-state index is 0.0521. The van der Waals surface area contributed by atoms with Gasteiger partial charge in [0.25, 0.3) is 11.8 Å². The number of carbonyl (C=O) groups excluding carboxylic acids is 2. The molecule has 0 bridgehead atoms. The van der Waals surface area contributed by atoms with Crippen LogP contribution in [0, 0.1) is 0 Å². The Morgan fingerprint density at radius 1 is 0.731 bits per heavy atom. The van der Waals surface area contributed by atoms with Crippen LogP contribution < -0.4 is 10.6 Å². The van der Waals surface area contributed by atoms with Crippen molar-refractivity contribution in [3.8, 4) is 0 Å². The number of nitrogens with one attached hydrogen (secondary N) is 2. The molecule has 2 atom stereocenters.